The number of ether oxygens (including phenoxy) is 1. The molecule has 2 aromatic carbocycles. The van der Waals surface area contributed by atoms with Gasteiger partial charge in [-0.3, -0.25) is 9.59 Å². The molecular formula is C25H26ClNO4. The van der Waals surface area contributed by atoms with Gasteiger partial charge >= 0.3 is 0 Å². The molecule has 1 saturated heterocycles. The van der Waals surface area contributed by atoms with Gasteiger partial charge in [0, 0.05) is 16.6 Å². The van der Waals surface area contributed by atoms with Gasteiger partial charge < -0.3 is 14.7 Å². The number of carbonyl (C=O) groups is 2. The van der Waals surface area contributed by atoms with E-state index in [0.29, 0.717) is 16.3 Å². The maximum absolute atomic E-state index is 13.1. The topological polar surface area (TPSA) is 66.8 Å². The van der Waals surface area contributed by atoms with Crippen molar-refractivity contribution in [3.05, 3.63) is 70.3 Å². The summed E-state index contributed by atoms with van der Waals surface area (Å²) in [5.41, 5.74) is 1.25. The Balaban J connectivity index is 1.87. The van der Waals surface area contributed by atoms with E-state index in [0.717, 1.165) is 31.2 Å². The number of carbonyl (C=O) groups excluding carboxylic acids is 2. The molecule has 1 unspecified atom stereocenters. The number of benzene rings is 2. The van der Waals surface area contributed by atoms with Gasteiger partial charge in [-0.05, 0) is 56.5 Å². The molecule has 2 aromatic rings. The van der Waals surface area contributed by atoms with Crippen molar-refractivity contribution < 1.29 is 19.4 Å². The van der Waals surface area contributed by atoms with Gasteiger partial charge in [-0.15, -0.1) is 0 Å². The first-order valence-electron chi connectivity index (χ1n) is 10.7. The minimum Gasteiger partial charge on any atom is -0.507 e. The highest BCUT2D eigenvalue weighted by Gasteiger charge is 2.49. The zero-order valence-corrected chi connectivity index (χ0v) is 18.4. The zero-order chi connectivity index (χ0) is 22.1. The fraction of sp³-hybridized carbons (Fsp3) is 0.360. The van der Waals surface area contributed by atoms with Crippen LogP contribution in [0, 0.1) is 0 Å². The molecule has 31 heavy (non-hydrogen) atoms. The van der Waals surface area contributed by atoms with E-state index in [1.165, 1.54) is 0 Å². The number of hydrogen-bond donors (Lipinski definition) is 1. The lowest BCUT2D eigenvalue weighted by Gasteiger charge is -2.31. The second-order valence-electron chi connectivity index (χ2n) is 8.39. The van der Waals surface area contributed by atoms with Gasteiger partial charge in [-0.1, -0.05) is 48.7 Å². The van der Waals surface area contributed by atoms with Crippen molar-refractivity contribution in [1.82, 2.24) is 4.90 Å². The molecule has 1 amide bonds. The van der Waals surface area contributed by atoms with E-state index in [4.69, 9.17) is 16.3 Å². The maximum atomic E-state index is 13.1. The minimum atomic E-state index is -0.669. The molecular weight excluding hydrogens is 414 g/mol. The second kappa shape index (κ2) is 8.75. The van der Waals surface area contributed by atoms with E-state index >= 15 is 0 Å². The molecule has 2 fully saturated rings. The summed E-state index contributed by atoms with van der Waals surface area (Å²) in [6.07, 6.45) is 3.73. The van der Waals surface area contributed by atoms with Crippen LogP contribution in [-0.2, 0) is 9.59 Å². The highest BCUT2D eigenvalue weighted by Crippen LogP contribution is 2.44. The summed E-state index contributed by atoms with van der Waals surface area (Å²) in [6.45, 7) is 3.88. The van der Waals surface area contributed by atoms with E-state index in [1.807, 2.05) is 38.1 Å². The van der Waals surface area contributed by atoms with Gasteiger partial charge in [0.25, 0.3) is 11.7 Å². The first-order valence-corrected chi connectivity index (χ1v) is 11.1. The summed E-state index contributed by atoms with van der Waals surface area (Å²) in [7, 11) is 0. The number of aliphatic hydroxyl groups is 1. The number of hydrogen-bond acceptors (Lipinski definition) is 4. The number of rotatable bonds is 5. The molecule has 1 atom stereocenters. The first-order chi connectivity index (χ1) is 14.9. The summed E-state index contributed by atoms with van der Waals surface area (Å²) in [5.74, 6) is -0.769. The third-order valence-corrected chi connectivity index (χ3v) is 6.08. The Morgan fingerprint density at radius 3 is 2.48 bits per heavy atom. The van der Waals surface area contributed by atoms with Crippen LogP contribution in [0.4, 0.5) is 0 Å². The number of ketones is 1. The van der Waals surface area contributed by atoms with Crippen LogP contribution < -0.4 is 4.74 Å². The quantitative estimate of drug-likeness (QED) is 0.380. The molecule has 0 spiro atoms. The summed E-state index contributed by atoms with van der Waals surface area (Å²) < 4.78 is 5.84. The van der Waals surface area contributed by atoms with Crippen LogP contribution in [0.5, 0.6) is 5.75 Å². The molecule has 1 aliphatic heterocycles. The van der Waals surface area contributed by atoms with Crippen LogP contribution in [0.3, 0.4) is 0 Å². The number of amides is 1. The minimum absolute atomic E-state index is 0.0112. The van der Waals surface area contributed by atoms with Crippen molar-refractivity contribution in [1.29, 1.82) is 0 Å². The molecule has 1 saturated carbocycles. The van der Waals surface area contributed by atoms with Crippen molar-refractivity contribution in [3.8, 4) is 5.75 Å². The van der Waals surface area contributed by atoms with Gasteiger partial charge in [-0.2, -0.15) is 0 Å². The van der Waals surface area contributed by atoms with Gasteiger partial charge in [0.05, 0.1) is 17.7 Å². The Bertz CT molecular complexity index is 1040. The van der Waals surface area contributed by atoms with Crippen LogP contribution in [0.15, 0.2) is 54.1 Å². The molecule has 4 rings (SSSR count). The smallest absolute Gasteiger partial charge is 0.295 e. The van der Waals surface area contributed by atoms with Crippen molar-refractivity contribution >= 4 is 29.1 Å². The molecule has 0 bridgehead atoms. The van der Waals surface area contributed by atoms with E-state index in [9.17, 15) is 14.7 Å². The summed E-state index contributed by atoms with van der Waals surface area (Å²) in [5, 5.41) is 11.6. The Kier molecular flexibility index (Phi) is 6.05. The number of aliphatic hydroxyl groups excluding tert-OH is 1. The van der Waals surface area contributed by atoms with E-state index in [-0.39, 0.29) is 23.5 Å². The normalized spacial score (nSPS) is 21.3. The van der Waals surface area contributed by atoms with Crippen LogP contribution in [0.1, 0.15) is 56.7 Å². The zero-order valence-electron chi connectivity index (χ0n) is 17.7. The Morgan fingerprint density at radius 1 is 1.10 bits per heavy atom. The lowest BCUT2D eigenvalue weighted by molar-refractivity contribution is -0.141. The highest BCUT2D eigenvalue weighted by molar-refractivity contribution is 6.46. The lowest BCUT2D eigenvalue weighted by atomic mass is 9.94. The van der Waals surface area contributed by atoms with Crippen molar-refractivity contribution in [2.24, 2.45) is 0 Å². The largest absolute Gasteiger partial charge is 0.507 e. The van der Waals surface area contributed by atoms with Crippen molar-refractivity contribution in [2.45, 2.75) is 57.7 Å². The number of halogens is 1. The van der Waals surface area contributed by atoms with E-state index in [1.54, 1.807) is 29.2 Å². The van der Waals surface area contributed by atoms with Crippen molar-refractivity contribution in [2.75, 3.05) is 0 Å². The molecule has 0 aromatic heterocycles. The lowest BCUT2D eigenvalue weighted by Crippen LogP contribution is -2.37. The van der Waals surface area contributed by atoms with Crippen LogP contribution in [-0.4, -0.2) is 33.8 Å². The Labute approximate surface area is 187 Å². The van der Waals surface area contributed by atoms with Gasteiger partial charge in [0.2, 0.25) is 0 Å². The number of nitrogens with zero attached hydrogens (tertiary/aromatic N) is 1. The van der Waals surface area contributed by atoms with Crippen LogP contribution in [0.25, 0.3) is 5.76 Å². The average Bonchev–Trinajstić information content (AvgIpc) is 3.34. The van der Waals surface area contributed by atoms with E-state index in [2.05, 4.69) is 0 Å². The summed E-state index contributed by atoms with van der Waals surface area (Å²) in [4.78, 5) is 27.9. The first kappa shape index (κ1) is 21.4. The fourth-order valence-electron chi connectivity index (χ4n) is 4.56. The summed E-state index contributed by atoms with van der Waals surface area (Å²) >= 11 is 6.10. The molecule has 162 valence electrons. The molecule has 2 aliphatic rings. The molecule has 1 aliphatic carbocycles. The molecule has 6 heteroatoms. The summed E-state index contributed by atoms with van der Waals surface area (Å²) in [6, 6.07) is 13.4. The maximum Gasteiger partial charge on any atom is 0.295 e. The standard InChI is InChI=1S/C25H26ClNO4/c1-15(2)31-20-12-6-7-16(14-20)22-21(23(28)17-8-5-9-18(26)13-17)24(29)25(30)27(22)19-10-3-4-11-19/h5-9,12-15,19,22,28H,3-4,10-11H2,1-2H3/b23-21-. The number of likely N-dealkylation sites (tertiary alicyclic amines) is 1. The highest BCUT2D eigenvalue weighted by atomic mass is 35.5. The van der Waals surface area contributed by atoms with Gasteiger partial charge in [0.1, 0.15) is 11.5 Å². The second-order valence-corrected chi connectivity index (χ2v) is 8.83. The third-order valence-electron chi connectivity index (χ3n) is 5.84. The predicted octanol–water partition coefficient (Wildman–Crippen LogP) is 5.49. The Hall–Kier alpha value is -2.79. The third kappa shape index (κ3) is 4.19. The molecule has 0 radical (unpaired) electrons. The fourth-order valence-corrected chi connectivity index (χ4v) is 4.75. The van der Waals surface area contributed by atoms with Gasteiger partial charge in [-0.25, -0.2) is 0 Å². The van der Waals surface area contributed by atoms with Crippen LogP contribution >= 0.6 is 11.6 Å². The monoisotopic (exact) mass is 439 g/mol. The van der Waals surface area contributed by atoms with E-state index < -0.39 is 17.7 Å². The molecule has 1 N–H and O–H groups in total. The number of Topliss-reactive ketones (excluding diaryl/α,β-unsaturated/α-hetero) is 1. The van der Waals surface area contributed by atoms with Gasteiger partial charge in [0.15, 0.2) is 0 Å². The average molecular weight is 440 g/mol. The Morgan fingerprint density at radius 2 is 1.81 bits per heavy atom. The van der Waals surface area contributed by atoms with Crippen LogP contribution in [0.2, 0.25) is 5.02 Å². The SMILES string of the molecule is CC(C)Oc1cccc(C2/C(=C(/O)c3cccc(Cl)c3)C(=O)C(=O)N2C2CCCC2)c1. The van der Waals surface area contributed by atoms with Crippen molar-refractivity contribution in [3.63, 3.8) is 0 Å². The predicted molar refractivity (Wildman–Crippen MR) is 120 cm³/mol. The molecule has 5 nitrogen and oxygen atoms in total. The molecule has 1 heterocycles.